The fraction of sp³-hybridized carbons (Fsp3) is 0.750. The molecule has 0 aromatic rings. The monoisotopic (exact) mass is 174 g/mol. The molecule has 4 heteroatoms. The van der Waals surface area contributed by atoms with Crippen molar-refractivity contribution in [3.8, 4) is 0 Å². The summed E-state index contributed by atoms with van der Waals surface area (Å²) in [5.41, 5.74) is 0. The molecule has 0 amide bonds. The van der Waals surface area contributed by atoms with Crippen LogP contribution < -0.4 is 0 Å². The molecule has 4 nitrogen and oxygen atoms in total. The van der Waals surface area contributed by atoms with Gasteiger partial charge in [-0.15, -0.1) is 0 Å². The summed E-state index contributed by atoms with van der Waals surface area (Å²) in [6.45, 7) is 3.20. The van der Waals surface area contributed by atoms with Crippen LogP contribution in [-0.2, 0) is 14.3 Å². The molecule has 0 heterocycles. The highest BCUT2D eigenvalue weighted by Crippen LogP contribution is 2.06. The van der Waals surface area contributed by atoms with Gasteiger partial charge in [-0.05, 0) is 6.42 Å². The largest absolute Gasteiger partial charge is 0.481 e. The predicted octanol–water partition coefficient (Wildman–Crippen LogP) is 1.19. The van der Waals surface area contributed by atoms with Gasteiger partial charge in [-0.25, -0.2) is 0 Å². The maximum Gasteiger partial charge on any atom is 0.307 e. The van der Waals surface area contributed by atoms with Gasteiger partial charge in [0.1, 0.15) is 6.10 Å². The molecule has 0 aromatic carbocycles. The van der Waals surface area contributed by atoms with Crippen LogP contribution in [0, 0.1) is 0 Å². The molecule has 0 spiro atoms. The number of carbonyl (C=O) groups is 2. The quantitative estimate of drug-likeness (QED) is 0.636. The van der Waals surface area contributed by atoms with Gasteiger partial charge in [0.15, 0.2) is 0 Å². The maximum atomic E-state index is 10.5. The summed E-state index contributed by atoms with van der Waals surface area (Å²) in [5, 5.41) is 8.43. The van der Waals surface area contributed by atoms with Crippen molar-refractivity contribution in [3.05, 3.63) is 0 Å². The summed E-state index contributed by atoms with van der Waals surface area (Å²) in [6.07, 6.45) is 0.842. The van der Waals surface area contributed by atoms with Crippen molar-refractivity contribution >= 4 is 11.9 Å². The lowest BCUT2D eigenvalue weighted by Crippen LogP contribution is -2.19. The lowest BCUT2D eigenvalue weighted by atomic mass is 10.1. The molecule has 0 unspecified atom stereocenters. The number of rotatable bonds is 5. The van der Waals surface area contributed by atoms with Crippen LogP contribution in [0.1, 0.15) is 33.1 Å². The molecule has 0 saturated carbocycles. The fourth-order valence-corrected chi connectivity index (χ4v) is 0.954. The minimum absolute atomic E-state index is 0.104. The molecule has 70 valence electrons. The summed E-state index contributed by atoms with van der Waals surface area (Å²) < 4.78 is 4.78. The molecule has 12 heavy (non-hydrogen) atoms. The van der Waals surface area contributed by atoms with Gasteiger partial charge in [0.25, 0.3) is 0 Å². The first-order valence-corrected chi connectivity index (χ1v) is 3.95. The second kappa shape index (κ2) is 5.57. The third kappa shape index (κ3) is 5.70. The molecule has 0 bridgehead atoms. The highest BCUT2D eigenvalue weighted by molar-refractivity contribution is 5.69. The zero-order valence-corrected chi connectivity index (χ0v) is 7.37. The van der Waals surface area contributed by atoms with E-state index >= 15 is 0 Å². The fourth-order valence-electron chi connectivity index (χ4n) is 0.954. The molecule has 0 aromatic heterocycles. The molecule has 0 radical (unpaired) electrons. The van der Waals surface area contributed by atoms with Gasteiger partial charge >= 0.3 is 11.9 Å². The number of hydrogen-bond donors (Lipinski definition) is 1. The molecular formula is C8H14O4. The van der Waals surface area contributed by atoms with Crippen molar-refractivity contribution in [2.24, 2.45) is 0 Å². The van der Waals surface area contributed by atoms with Gasteiger partial charge in [0.05, 0.1) is 6.42 Å². The third-order valence-corrected chi connectivity index (χ3v) is 1.35. The summed E-state index contributed by atoms with van der Waals surface area (Å²) in [7, 11) is 0. The van der Waals surface area contributed by atoms with E-state index in [-0.39, 0.29) is 6.42 Å². The highest BCUT2D eigenvalue weighted by Gasteiger charge is 2.14. The standard InChI is InChI=1S/C8H14O4/c1-3-4-7(5-8(10)11)12-6(2)9/h7H,3-5H2,1-2H3,(H,10,11)/t7-/m1/s1. The van der Waals surface area contributed by atoms with Crippen molar-refractivity contribution in [1.29, 1.82) is 0 Å². The van der Waals surface area contributed by atoms with Crippen LogP contribution in [0.3, 0.4) is 0 Å². The average molecular weight is 174 g/mol. The van der Waals surface area contributed by atoms with Gasteiger partial charge < -0.3 is 9.84 Å². The SMILES string of the molecule is CCC[C@H](CC(=O)O)OC(C)=O. The van der Waals surface area contributed by atoms with Crippen LogP contribution >= 0.6 is 0 Å². The average Bonchev–Trinajstić information content (AvgIpc) is 1.84. The van der Waals surface area contributed by atoms with E-state index in [1.165, 1.54) is 6.92 Å². The molecular weight excluding hydrogens is 160 g/mol. The number of hydrogen-bond acceptors (Lipinski definition) is 3. The Kier molecular flexibility index (Phi) is 5.08. The van der Waals surface area contributed by atoms with Crippen molar-refractivity contribution in [2.75, 3.05) is 0 Å². The van der Waals surface area contributed by atoms with Crippen molar-refractivity contribution in [2.45, 2.75) is 39.2 Å². The van der Waals surface area contributed by atoms with Crippen LogP contribution in [-0.4, -0.2) is 23.1 Å². The smallest absolute Gasteiger partial charge is 0.307 e. The number of esters is 1. The second-order valence-corrected chi connectivity index (χ2v) is 2.62. The topological polar surface area (TPSA) is 63.6 Å². The van der Waals surface area contributed by atoms with Crippen LogP contribution in [0.15, 0.2) is 0 Å². The van der Waals surface area contributed by atoms with E-state index in [2.05, 4.69) is 0 Å². The Labute approximate surface area is 71.5 Å². The van der Waals surface area contributed by atoms with Gasteiger partial charge in [0, 0.05) is 6.92 Å². The summed E-state index contributed by atoms with van der Waals surface area (Å²) in [4.78, 5) is 20.8. The second-order valence-electron chi connectivity index (χ2n) is 2.62. The van der Waals surface area contributed by atoms with Gasteiger partial charge in [-0.1, -0.05) is 13.3 Å². The maximum absolute atomic E-state index is 10.5. The van der Waals surface area contributed by atoms with Gasteiger partial charge in [0.2, 0.25) is 0 Å². The Morgan fingerprint density at radius 2 is 2.08 bits per heavy atom. The molecule has 0 aliphatic rings. The van der Waals surface area contributed by atoms with Crippen molar-refractivity contribution < 1.29 is 19.4 Å². The van der Waals surface area contributed by atoms with E-state index in [9.17, 15) is 9.59 Å². The van der Waals surface area contributed by atoms with Crippen LogP contribution in [0.4, 0.5) is 0 Å². The van der Waals surface area contributed by atoms with E-state index < -0.39 is 18.0 Å². The zero-order valence-electron chi connectivity index (χ0n) is 7.37. The molecule has 0 aliphatic heterocycles. The van der Waals surface area contributed by atoms with Crippen LogP contribution in [0.5, 0.6) is 0 Å². The Morgan fingerprint density at radius 3 is 2.42 bits per heavy atom. The van der Waals surface area contributed by atoms with Crippen LogP contribution in [0.25, 0.3) is 0 Å². The highest BCUT2D eigenvalue weighted by atomic mass is 16.5. The molecule has 0 rings (SSSR count). The number of aliphatic carboxylic acids is 1. The van der Waals surface area contributed by atoms with Crippen LogP contribution in [0.2, 0.25) is 0 Å². The Hall–Kier alpha value is -1.06. The number of carbonyl (C=O) groups excluding carboxylic acids is 1. The first-order valence-electron chi connectivity index (χ1n) is 3.95. The number of carboxylic acid groups (broad SMARTS) is 1. The predicted molar refractivity (Wildman–Crippen MR) is 42.7 cm³/mol. The Morgan fingerprint density at radius 1 is 1.50 bits per heavy atom. The first kappa shape index (κ1) is 10.9. The minimum atomic E-state index is -0.935. The Balaban J connectivity index is 3.85. The summed E-state index contributed by atoms with van der Waals surface area (Å²) in [5.74, 6) is -1.36. The van der Waals surface area contributed by atoms with Gasteiger partial charge in [-0.3, -0.25) is 9.59 Å². The molecule has 0 saturated heterocycles. The zero-order chi connectivity index (χ0) is 9.56. The lowest BCUT2D eigenvalue weighted by molar-refractivity contribution is -0.151. The van der Waals surface area contributed by atoms with E-state index in [1.54, 1.807) is 0 Å². The normalized spacial score (nSPS) is 12.2. The van der Waals surface area contributed by atoms with Gasteiger partial charge in [-0.2, -0.15) is 0 Å². The van der Waals surface area contributed by atoms with E-state index in [0.717, 1.165) is 6.42 Å². The molecule has 0 fully saturated rings. The Bertz CT molecular complexity index is 148. The summed E-state index contributed by atoms with van der Waals surface area (Å²) >= 11 is 0. The van der Waals surface area contributed by atoms with Crippen molar-refractivity contribution in [3.63, 3.8) is 0 Å². The number of ether oxygens (including phenoxy) is 1. The lowest BCUT2D eigenvalue weighted by Gasteiger charge is -2.13. The van der Waals surface area contributed by atoms with Crippen molar-refractivity contribution in [1.82, 2.24) is 0 Å². The summed E-state index contributed by atoms with van der Waals surface area (Å²) in [6, 6.07) is 0. The molecule has 0 aliphatic carbocycles. The molecule has 1 atom stereocenters. The molecule has 1 N–H and O–H groups in total. The minimum Gasteiger partial charge on any atom is -0.481 e. The first-order chi connectivity index (χ1) is 5.56. The van der Waals surface area contributed by atoms with E-state index in [0.29, 0.717) is 6.42 Å². The number of carboxylic acids is 1. The third-order valence-electron chi connectivity index (χ3n) is 1.35. The van der Waals surface area contributed by atoms with E-state index in [4.69, 9.17) is 9.84 Å². The van der Waals surface area contributed by atoms with E-state index in [1.807, 2.05) is 6.92 Å².